The molecule has 1 aliphatic heterocycles. The van der Waals surface area contributed by atoms with Crippen molar-refractivity contribution in [3.63, 3.8) is 0 Å². The lowest BCUT2D eigenvalue weighted by molar-refractivity contribution is -0.124. The Morgan fingerprint density at radius 2 is 2.04 bits per heavy atom. The largest absolute Gasteiger partial charge is 0.452 e. The maximum Gasteiger partial charge on any atom is 0.339 e. The lowest BCUT2D eigenvalue weighted by Gasteiger charge is -2.12. The highest BCUT2D eigenvalue weighted by atomic mass is 32.2. The van der Waals surface area contributed by atoms with Gasteiger partial charge in [-0.15, -0.1) is 11.8 Å². The van der Waals surface area contributed by atoms with Crippen LogP contribution in [-0.2, 0) is 19.4 Å². The first-order chi connectivity index (χ1) is 11.8. The molecule has 0 unspecified atom stereocenters. The van der Waals surface area contributed by atoms with Crippen LogP contribution in [0.4, 0.5) is 0 Å². The van der Waals surface area contributed by atoms with Crippen molar-refractivity contribution in [3.8, 4) is 0 Å². The summed E-state index contributed by atoms with van der Waals surface area (Å²) >= 11 is 1.38. The molecule has 2 rings (SSSR count). The summed E-state index contributed by atoms with van der Waals surface area (Å²) in [6.07, 6.45) is 0.577. The van der Waals surface area contributed by atoms with Gasteiger partial charge in [-0.05, 0) is 24.5 Å². The van der Waals surface area contributed by atoms with Gasteiger partial charge >= 0.3 is 5.97 Å². The van der Waals surface area contributed by atoms with Gasteiger partial charge in [-0.25, -0.2) is 13.2 Å². The monoisotopic (exact) mass is 385 g/mol. The Morgan fingerprint density at radius 1 is 1.32 bits per heavy atom. The van der Waals surface area contributed by atoms with Crippen LogP contribution in [0.3, 0.4) is 0 Å². The molecule has 0 aliphatic carbocycles. The van der Waals surface area contributed by atoms with Crippen LogP contribution < -0.4 is 5.32 Å². The van der Waals surface area contributed by atoms with Crippen molar-refractivity contribution in [3.05, 3.63) is 29.8 Å². The van der Waals surface area contributed by atoms with Crippen molar-refractivity contribution in [2.45, 2.75) is 30.4 Å². The number of benzene rings is 1. The van der Waals surface area contributed by atoms with Crippen molar-refractivity contribution < 1.29 is 22.7 Å². The molecule has 0 spiro atoms. The summed E-state index contributed by atoms with van der Waals surface area (Å²) in [7, 11) is -2.97. The summed E-state index contributed by atoms with van der Waals surface area (Å²) in [5.41, 5.74) is 0.355. The molecule has 1 aromatic carbocycles. The third-order valence-corrected chi connectivity index (χ3v) is 6.96. The van der Waals surface area contributed by atoms with E-state index < -0.39 is 15.8 Å². The zero-order chi connectivity index (χ0) is 18.4. The van der Waals surface area contributed by atoms with Crippen LogP contribution in [0.25, 0.3) is 0 Å². The number of hydrogen-bond donors (Lipinski definition) is 1. The highest BCUT2D eigenvalue weighted by molar-refractivity contribution is 8.02. The Bertz CT molecular complexity index is 730. The van der Waals surface area contributed by atoms with Crippen LogP contribution >= 0.6 is 11.8 Å². The molecule has 138 valence electrons. The summed E-state index contributed by atoms with van der Waals surface area (Å²) in [5, 5.41) is 2.62. The summed E-state index contributed by atoms with van der Waals surface area (Å²) in [6, 6.07) is 6.90. The Morgan fingerprint density at radius 3 is 2.68 bits per heavy atom. The van der Waals surface area contributed by atoms with Gasteiger partial charge in [-0.1, -0.05) is 26.0 Å². The van der Waals surface area contributed by atoms with Crippen molar-refractivity contribution in [2.75, 3.05) is 24.7 Å². The van der Waals surface area contributed by atoms with Crippen molar-refractivity contribution >= 4 is 33.5 Å². The smallest absolute Gasteiger partial charge is 0.339 e. The molecule has 0 radical (unpaired) electrons. The molecule has 6 nitrogen and oxygen atoms in total. The number of thioether (sulfide) groups is 1. The first-order valence-corrected chi connectivity index (χ1v) is 10.9. The summed E-state index contributed by atoms with van der Waals surface area (Å²) in [5.74, 6) is -0.288. The van der Waals surface area contributed by atoms with Crippen LogP contribution in [0.5, 0.6) is 0 Å². The standard InChI is InChI=1S/C17H23NO5S2/c1-12(2)9-18-16(19)10-23-17(20)14-5-3-4-6-15(14)24-13-7-8-25(21,22)11-13/h3-6,12-13H,7-11H2,1-2H3,(H,18,19)/t13-/m0/s1. The summed E-state index contributed by atoms with van der Waals surface area (Å²) in [4.78, 5) is 24.6. The molecule has 1 saturated heterocycles. The highest BCUT2D eigenvalue weighted by Crippen LogP contribution is 2.33. The van der Waals surface area contributed by atoms with Crippen molar-refractivity contribution in [1.82, 2.24) is 5.32 Å². The predicted molar refractivity (Wildman–Crippen MR) is 97.5 cm³/mol. The van der Waals surface area contributed by atoms with E-state index in [2.05, 4.69) is 5.32 Å². The minimum atomic E-state index is -2.97. The lowest BCUT2D eigenvalue weighted by Crippen LogP contribution is -2.31. The molecule has 0 bridgehead atoms. The lowest BCUT2D eigenvalue weighted by atomic mass is 10.2. The number of amides is 1. The van der Waals surface area contributed by atoms with Gasteiger partial charge in [-0.2, -0.15) is 0 Å². The maximum atomic E-state index is 12.3. The van der Waals surface area contributed by atoms with Crippen LogP contribution in [0.2, 0.25) is 0 Å². The van der Waals surface area contributed by atoms with E-state index in [9.17, 15) is 18.0 Å². The number of hydrogen-bond acceptors (Lipinski definition) is 6. The quantitative estimate of drug-likeness (QED) is 0.721. The fourth-order valence-electron chi connectivity index (χ4n) is 2.35. The van der Waals surface area contributed by atoms with Crippen molar-refractivity contribution in [2.24, 2.45) is 5.92 Å². The minimum Gasteiger partial charge on any atom is -0.452 e. The second kappa shape index (κ2) is 8.71. The van der Waals surface area contributed by atoms with Crippen molar-refractivity contribution in [1.29, 1.82) is 0 Å². The Labute approximate surface area is 152 Å². The van der Waals surface area contributed by atoms with Gasteiger partial charge in [0.05, 0.1) is 17.1 Å². The van der Waals surface area contributed by atoms with Crippen LogP contribution in [0, 0.1) is 5.92 Å². The summed E-state index contributed by atoms with van der Waals surface area (Å²) in [6.45, 7) is 4.15. The molecule has 0 aromatic heterocycles. The molecule has 1 atom stereocenters. The van der Waals surface area contributed by atoms with Crippen LogP contribution in [0.1, 0.15) is 30.6 Å². The van der Waals surface area contributed by atoms with E-state index in [0.29, 0.717) is 29.3 Å². The number of rotatable bonds is 7. The van der Waals surface area contributed by atoms with E-state index in [0.717, 1.165) is 0 Å². The SMILES string of the molecule is CC(C)CNC(=O)COC(=O)c1ccccc1S[C@H]1CCS(=O)(=O)C1. The number of ether oxygens (including phenoxy) is 1. The van der Waals surface area contributed by atoms with Gasteiger partial charge in [0.15, 0.2) is 16.4 Å². The first kappa shape index (κ1) is 19.8. The Hall–Kier alpha value is -1.54. The molecule has 1 N–H and O–H groups in total. The molecule has 8 heteroatoms. The van der Waals surface area contributed by atoms with Gasteiger partial charge in [0, 0.05) is 16.7 Å². The van der Waals surface area contributed by atoms with E-state index in [1.165, 1.54) is 11.8 Å². The van der Waals surface area contributed by atoms with Crippen LogP contribution in [-0.4, -0.2) is 50.2 Å². The first-order valence-electron chi connectivity index (χ1n) is 8.17. The maximum absolute atomic E-state index is 12.3. The Kier molecular flexibility index (Phi) is 6.89. The van der Waals surface area contributed by atoms with Gasteiger partial charge in [0.2, 0.25) is 0 Å². The zero-order valence-corrected chi connectivity index (χ0v) is 16.0. The Balaban J connectivity index is 1.95. The average Bonchev–Trinajstić information content (AvgIpc) is 2.89. The normalized spacial score (nSPS) is 18.9. The molecular weight excluding hydrogens is 362 g/mol. The molecule has 1 heterocycles. The van der Waals surface area contributed by atoms with E-state index in [1.54, 1.807) is 24.3 Å². The van der Waals surface area contributed by atoms with Crippen LogP contribution in [0.15, 0.2) is 29.2 Å². The fourth-order valence-corrected chi connectivity index (χ4v) is 5.97. The molecule has 1 aliphatic rings. The molecular formula is C17H23NO5S2. The van der Waals surface area contributed by atoms with Gasteiger partial charge in [0.1, 0.15) is 0 Å². The van der Waals surface area contributed by atoms with Gasteiger partial charge in [-0.3, -0.25) is 4.79 Å². The van der Waals surface area contributed by atoms with Gasteiger partial charge in [0.25, 0.3) is 5.91 Å². The predicted octanol–water partition coefficient (Wildman–Crippen LogP) is 1.89. The van der Waals surface area contributed by atoms with E-state index >= 15 is 0 Å². The minimum absolute atomic E-state index is 0.0618. The molecule has 1 aromatic rings. The third-order valence-electron chi connectivity index (χ3n) is 3.63. The molecule has 1 amide bonds. The topological polar surface area (TPSA) is 89.5 Å². The number of nitrogens with one attached hydrogen (secondary N) is 1. The molecule has 0 saturated carbocycles. The molecule has 1 fully saturated rings. The van der Waals surface area contributed by atoms with Gasteiger partial charge < -0.3 is 10.1 Å². The van der Waals surface area contributed by atoms with E-state index in [4.69, 9.17) is 4.74 Å². The molecule has 25 heavy (non-hydrogen) atoms. The average molecular weight is 386 g/mol. The zero-order valence-electron chi connectivity index (χ0n) is 14.4. The second-order valence-corrected chi connectivity index (χ2v) is 9.98. The van der Waals surface area contributed by atoms with E-state index in [1.807, 2.05) is 13.8 Å². The van der Waals surface area contributed by atoms with E-state index in [-0.39, 0.29) is 29.3 Å². The number of sulfone groups is 1. The fraction of sp³-hybridized carbons (Fsp3) is 0.529. The summed E-state index contributed by atoms with van der Waals surface area (Å²) < 4.78 is 28.3. The second-order valence-electron chi connectivity index (χ2n) is 6.41. The number of esters is 1. The number of carbonyl (C=O) groups excluding carboxylic acids is 2. The third kappa shape index (κ3) is 6.36. The number of carbonyl (C=O) groups is 2. The highest BCUT2D eigenvalue weighted by Gasteiger charge is 2.29.